The molecule has 1 aliphatic rings. The zero-order chi connectivity index (χ0) is 24.6. The number of aromatic nitrogens is 1. The lowest BCUT2D eigenvalue weighted by atomic mass is 10.1. The Morgan fingerprint density at radius 3 is 2.56 bits per heavy atom. The SMILES string of the molecule is CN1Cc2c(Nc3ccc(NC(=O)c4ccc(F)cc4C(F)(F)F)cc3F)ccnc2NC1=O. The summed E-state index contributed by atoms with van der Waals surface area (Å²) in [7, 11) is 1.58. The van der Waals surface area contributed by atoms with Gasteiger partial charge >= 0.3 is 12.2 Å². The summed E-state index contributed by atoms with van der Waals surface area (Å²) in [6.07, 6.45) is -3.52. The predicted octanol–water partition coefficient (Wildman–Crippen LogP) is 5.35. The Morgan fingerprint density at radius 1 is 1.09 bits per heavy atom. The minimum atomic E-state index is -4.95. The smallest absolute Gasteiger partial charge is 0.353 e. The van der Waals surface area contributed by atoms with Gasteiger partial charge in [0.15, 0.2) is 0 Å². The van der Waals surface area contributed by atoms with Crippen LogP contribution >= 0.6 is 0 Å². The standard InChI is InChI=1S/C22H16F5N5O2/c1-32-10-14-17(6-7-28-19(14)31-21(32)34)30-18-5-3-12(9-16(18)24)29-20(33)13-4-2-11(23)8-15(13)22(25,26)27/h2-9H,10H2,1H3,(H,29,33)(H2,28,30,31,34). The number of hydrogen-bond acceptors (Lipinski definition) is 4. The molecular weight excluding hydrogens is 461 g/mol. The number of pyridine rings is 1. The van der Waals surface area contributed by atoms with Crippen molar-refractivity contribution in [3.63, 3.8) is 0 Å². The molecule has 0 unspecified atom stereocenters. The zero-order valence-corrected chi connectivity index (χ0v) is 17.4. The molecule has 0 spiro atoms. The molecule has 4 rings (SSSR count). The molecule has 0 bridgehead atoms. The molecule has 176 valence electrons. The minimum Gasteiger partial charge on any atom is -0.353 e. The molecule has 34 heavy (non-hydrogen) atoms. The molecular formula is C22H16F5N5O2. The van der Waals surface area contributed by atoms with Crippen LogP contribution in [0.1, 0.15) is 21.5 Å². The Morgan fingerprint density at radius 2 is 1.85 bits per heavy atom. The summed E-state index contributed by atoms with van der Waals surface area (Å²) in [6, 6.07) is 6.43. The molecule has 0 fully saturated rings. The number of rotatable bonds is 4. The van der Waals surface area contributed by atoms with E-state index in [-0.39, 0.29) is 30.0 Å². The number of amides is 3. The van der Waals surface area contributed by atoms with E-state index in [4.69, 9.17) is 0 Å². The Labute approximate surface area is 189 Å². The number of alkyl halides is 3. The monoisotopic (exact) mass is 477 g/mol. The van der Waals surface area contributed by atoms with Gasteiger partial charge in [0.1, 0.15) is 17.5 Å². The Balaban J connectivity index is 1.55. The summed E-state index contributed by atoms with van der Waals surface area (Å²) >= 11 is 0. The van der Waals surface area contributed by atoms with Gasteiger partial charge < -0.3 is 15.5 Å². The first-order valence-electron chi connectivity index (χ1n) is 9.77. The van der Waals surface area contributed by atoms with Crippen LogP contribution in [0.25, 0.3) is 0 Å². The van der Waals surface area contributed by atoms with Gasteiger partial charge in [0.25, 0.3) is 5.91 Å². The highest BCUT2D eigenvalue weighted by atomic mass is 19.4. The van der Waals surface area contributed by atoms with E-state index < -0.39 is 34.8 Å². The number of hydrogen-bond donors (Lipinski definition) is 3. The number of fused-ring (bicyclic) bond motifs is 1. The van der Waals surface area contributed by atoms with E-state index in [0.29, 0.717) is 23.1 Å². The first kappa shape index (κ1) is 23.0. The van der Waals surface area contributed by atoms with Crippen molar-refractivity contribution in [2.24, 2.45) is 0 Å². The van der Waals surface area contributed by atoms with Crippen LogP contribution in [-0.2, 0) is 12.7 Å². The number of carbonyl (C=O) groups is 2. The molecule has 3 aromatic rings. The highest BCUT2D eigenvalue weighted by molar-refractivity contribution is 6.05. The first-order valence-corrected chi connectivity index (χ1v) is 9.77. The van der Waals surface area contributed by atoms with Gasteiger partial charge in [-0.1, -0.05) is 0 Å². The summed E-state index contributed by atoms with van der Waals surface area (Å²) < 4.78 is 67.5. The molecule has 12 heteroatoms. The lowest BCUT2D eigenvalue weighted by Gasteiger charge is -2.27. The Hall–Kier alpha value is -4.22. The van der Waals surface area contributed by atoms with E-state index in [1.807, 2.05) is 0 Å². The highest BCUT2D eigenvalue weighted by Crippen LogP contribution is 2.34. The zero-order valence-electron chi connectivity index (χ0n) is 17.4. The summed E-state index contributed by atoms with van der Waals surface area (Å²) in [4.78, 5) is 29.7. The van der Waals surface area contributed by atoms with Gasteiger partial charge in [0.05, 0.1) is 23.4 Å². The summed E-state index contributed by atoms with van der Waals surface area (Å²) in [5, 5.41) is 7.68. The fraction of sp³-hybridized carbons (Fsp3) is 0.136. The van der Waals surface area contributed by atoms with Crippen LogP contribution in [0, 0.1) is 11.6 Å². The third-order valence-corrected chi connectivity index (χ3v) is 5.05. The van der Waals surface area contributed by atoms with Crippen molar-refractivity contribution < 1.29 is 31.5 Å². The van der Waals surface area contributed by atoms with Crippen LogP contribution in [0.2, 0.25) is 0 Å². The molecule has 1 aliphatic heterocycles. The van der Waals surface area contributed by atoms with E-state index in [1.54, 1.807) is 13.1 Å². The first-order chi connectivity index (χ1) is 16.0. The lowest BCUT2D eigenvalue weighted by Crippen LogP contribution is -2.36. The molecule has 0 saturated heterocycles. The summed E-state index contributed by atoms with van der Waals surface area (Å²) in [5.41, 5.74) is -1.22. The molecule has 7 nitrogen and oxygen atoms in total. The summed E-state index contributed by atoms with van der Waals surface area (Å²) in [6.45, 7) is 0.228. The minimum absolute atomic E-state index is 0.0173. The third kappa shape index (κ3) is 4.60. The van der Waals surface area contributed by atoms with Crippen LogP contribution in [0.3, 0.4) is 0 Å². The maximum atomic E-state index is 14.7. The molecule has 0 radical (unpaired) electrons. The van der Waals surface area contributed by atoms with Gasteiger partial charge in [0.2, 0.25) is 0 Å². The van der Waals surface area contributed by atoms with Gasteiger partial charge in [-0.15, -0.1) is 0 Å². The van der Waals surface area contributed by atoms with Gasteiger partial charge in [-0.3, -0.25) is 10.1 Å². The van der Waals surface area contributed by atoms with Gasteiger partial charge in [-0.2, -0.15) is 13.2 Å². The average Bonchev–Trinajstić information content (AvgIpc) is 2.76. The number of anilines is 4. The quantitative estimate of drug-likeness (QED) is 0.442. The van der Waals surface area contributed by atoms with Crippen molar-refractivity contribution in [1.82, 2.24) is 9.88 Å². The number of nitrogens with zero attached hydrogens (tertiary/aromatic N) is 2. The van der Waals surface area contributed by atoms with Crippen molar-refractivity contribution in [3.05, 3.63) is 77.0 Å². The van der Waals surface area contributed by atoms with E-state index in [9.17, 15) is 31.5 Å². The fourth-order valence-corrected chi connectivity index (χ4v) is 3.37. The maximum Gasteiger partial charge on any atom is 0.417 e. The van der Waals surface area contributed by atoms with Crippen LogP contribution in [0.15, 0.2) is 48.7 Å². The van der Waals surface area contributed by atoms with E-state index in [2.05, 4.69) is 20.9 Å². The Kier molecular flexibility index (Phi) is 5.82. The van der Waals surface area contributed by atoms with Gasteiger partial charge in [-0.25, -0.2) is 18.6 Å². The number of benzene rings is 2. The lowest BCUT2D eigenvalue weighted by molar-refractivity contribution is -0.138. The largest absolute Gasteiger partial charge is 0.417 e. The molecule has 0 aliphatic carbocycles. The maximum absolute atomic E-state index is 14.7. The topological polar surface area (TPSA) is 86.4 Å². The second-order valence-corrected chi connectivity index (χ2v) is 7.43. The van der Waals surface area contributed by atoms with Gasteiger partial charge in [-0.05, 0) is 42.5 Å². The molecule has 0 atom stereocenters. The number of halogens is 5. The number of carbonyl (C=O) groups excluding carboxylic acids is 2. The van der Waals surface area contributed by atoms with Gasteiger partial charge in [0, 0.05) is 30.2 Å². The Bertz CT molecular complexity index is 1300. The summed E-state index contributed by atoms with van der Waals surface area (Å²) in [5.74, 6) is -2.78. The second kappa shape index (κ2) is 8.61. The van der Waals surface area contributed by atoms with Crippen molar-refractivity contribution in [2.75, 3.05) is 23.0 Å². The van der Waals surface area contributed by atoms with Crippen molar-refractivity contribution in [1.29, 1.82) is 0 Å². The predicted molar refractivity (Wildman–Crippen MR) is 114 cm³/mol. The molecule has 2 aromatic carbocycles. The van der Waals surface area contributed by atoms with Crippen LogP contribution in [0.4, 0.5) is 49.6 Å². The van der Waals surface area contributed by atoms with Crippen LogP contribution < -0.4 is 16.0 Å². The van der Waals surface area contributed by atoms with Crippen LogP contribution in [0.5, 0.6) is 0 Å². The number of urea groups is 1. The van der Waals surface area contributed by atoms with Crippen molar-refractivity contribution in [2.45, 2.75) is 12.7 Å². The van der Waals surface area contributed by atoms with E-state index in [0.717, 1.165) is 12.1 Å². The molecule has 3 N–H and O–H groups in total. The average molecular weight is 477 g/mol. The number of nitrogens with one attached hydrogen (secondary N) is 3. The fourth-order valence-electron chi connectivity index (χ4n) is 3.37. The molecule has 1 aromatic heterocycles. The van der Waals surface area contributed by atoms with Crippen molar-refractivity contribution in [3.8, 4) is 0 Å². The van der Waals surface area contributed by atoms with Crippen molar-refractivity contribution >= 4 is 34.8 Å². The molecule has 3 amide bonds. The molecule has 0 saturated carbocycles. The van der Waals surface area contributed by atoms with E-state index in [1.165, 1.54) is 23.2 Å². The highest BCUT2D eigenvalue weighted by Gasteiger charge is 2.35. The normalized spacial score (nSPS) is 13.2. The molecule has 2 heterocycles. The van der Waals surface area contributed by atoms with E-state index >= 15 is 0 Å². The second-order valence-electron chi connectivity index (χ2n) is 7.43. The van der Waals surface area contributed by atoms with Crippen LogP contribution in [-0.4, -0.2) is 28.9 Å². The third-order valence-electron chi connectivity index (χ3n) is 5.05.